The van der Waals surface area contributed by atoms with Gasteiger partial charge in [0.05, 0.1) is 0 Å². The molecule has 0 aliphatic heterocycles. The minimum Gasteiger partial charge on any atom is -0.0885 e. The lowest BCUT2D eigenvalue weighted by Crippen LogP contribution is -2.25. The van der Waals surface area contributed by atoms with Gasteiger partial charge < -0.3 is 0 Å². The van der Waals surface area contributed by atoms with Crippen LogP contribution in [0.15, 0.2) is 24.3 Å². The van der Waals surface area contributed by atoms with Crippen LogP contribution < -0.4 is 0 Å². The molecule has 0 nitrogen and oxygen atoms in total. The van der Waals surface area contributed by atoms with E-state index in [1.807, 2.05) is 0 Å². The fourth-order valence-electron chi connectivity index (χ4n) is 3.85. The van der Waals surface area contributed by atoms with Crippen LogP contribution in [0.3, 0.4) is 0 Å². The summed E-state index contributed by atoms with van der Waals surface area (Å²) < 4.78 is 0. The molecule has 0 saturated heterocycles. The Balaban J connectivity index is 1.84. The minimum atomic E-state index is 0.691. The largest absolute Gasteiger partial charge is 0.0885 e. The second-order valence-corrected chi connectivity index (χ2v) is 5.47. The van der Waals surface area contributed by atoms with E-state index in [4.69, 9.17) is 0 Å². The van der Waals surface area contributed by atoms with E-state index >= 15 is 0 Å². The molecule has 3 aliphatic carbocycles. The third-order valence-electron chi connectivity index (χ3n) is 4.61. The number of rotatable bonds is 0. The predicted octanol–water partition coefficient (Wildman–Crippen LogP) is 4.09. The topological polar surface area (TPSA) is 0 Å². The van der Waals surface area contributed by atoms with Crippen molar-refractivity contribution in [2.24, 2.45) is 17.3 Å². The summed E-state index contributed by atoms with van der Waals surface area (Å²) in [4.78, 5) is 0. The second-order valence-electron chi connectivity index (χ2n) is 5.47. The van der Waals surface area contributed by atoms with Crippen molar-refractivity contribution < 1.29 is 0 Å². The Labute approximate surface area is 87.1 Å². The molecule has 0 aromatic carbocycles. The van der Waals surface area contributed by atoms with Crippen LogP contribution in [-0.2, 0) is 0 Å². The van der Waals surface area contributed by atoms with Crippen LogP contribution in [0.1, 0.15) is 44.9 Å². The minimum absolute atomic E-state index is 0.691. The van der Waals surface area contributed by atoms with E-state index < -0.39 is 0 Å². The highest BCUT2D eigenvalue weighted by atomic mass is 14.5. The van der Waals surface area contributed by atoms with Crippen LogP contribution in [-0.4, -0.2) is 0 Å². The zero-order chi connectivity index (χ0) is 9.43. The van der Waals surface area contributed by atoms with E-state index in [1.165, 1.54) is 44.9 Å². The van der Waals surface area contributed by atoms with Crippen molar-refractivity contribution in [2.75, 3.05) is 0 Å². The molecule has 1 saturated carbocycles. The fourth-order valence-corrected chi connectivity index (χ4v) is 3.85. The summed E-state index contributed by atoms with van der Waals surface area (Å²) in [5, 5.41) is 0. The highest BCUT2D eigenvalue weighted by Gasteiger charge is 2.46. The molecule has 0 aromatic heterocycles. The zero-order valence-corrected chi connectivity index (χ0v) is 8.91. The maximum absolute atomic E-state index is 2.52. The molecule has 3 aliphatic rings. The maximum Gasteiger partial charge on any atom is -0.0168 e. The zero-order valence-electron chi connectivity index (χ0n) is 8.91. The number of hydrogen-bond donors (Lipinski definition) is 0. The van der Waals surface area contributed by atoms with E-state index in [2.05, 4.69) is 24.3 Å². The van der Waals surface area contributed by atoms with Gasteiger partial charge in [0, 0.05) is 0 Å². The molecule has 0 heteroatoms. The summed E-state index contributed by atoms with van der Waals surface area (Å²) in [5.74, 6) is 1.86. The van der Waals surface area contributed by atoms with Crippen LogP contribution in [0.5, 0.6) is 0 Å². The van der Waals surface area contributed by atoms with Crippen molar-refractivity contribution in [2.45, 2.75) is 44.9 Å². The molecular formula is C14H20. The molecule has 3 rings (SSSR count). The summed E-state index contributed by atoms with van der Waals surface area (Å²) >= 11 is 0. The van der Waals surface area contributed by atoms with Crippen molar-refractivity contribution in [1.82, 2.24) is 0 Å². The Hall–Kier alpha value is -0.520. The van der Waals surface area contributed by atoms with E-state index in [9.17, 15) is 0 Å². The molecule has 14 heavy (non-hydrogen) atoms. The van der Waals surface area contributed by atoms with Gasteiger partial charge >= 0.3 is 0 Å². The highest BCUT2D eigenvalue weighted by Crippen LogP contribution is 2.57. The smallest absolute Gasteiger partial charge is 0.0168 e. The molecule has 0 amide bonds. The molecule has 0 heterocycles. The molecule has 3 atom stereocenters. The lowest BCUT2D eigenvalue weighted by atomic mass is 9.69. The normalized spacial score (nSPS) is 48.0. The molecule has 0 N–H and O–H groups in total. The van der Waals surface area contributed by atoms with Gasteiger partial charge in [0.1, 0.15) is 0 Å². The molecule has 1 fully saturated rings. The molecular weight excluding hydrogens is 168 g/mol. The van der Waals surface area contributed by atoms with Gasteiger partial charge in [-0.2, -0.15) is 0 Å². The number of allylic oxidation sites excluding steroid dienone is 4. The summed E-state index contributed by atoms with van der Waals surface area (Å²) in [6.45, 7) is 0. The molecule has 1 spiro atoms. The van der Waals surface area contributed by atoms with E-state index in [1.54, 1.807) is 0 Å². The van der Waals surface area contributed by atoms with Gasteiger partial charge in [0.15, 0.2) is 0 Å². The van der Waals surface area contributed by atoms with Crippen molar-refractivity contribution in [3.05, 3.63) is 24.3 Å². The predicted molar refractivity (Wildman–Crippen MR) is 60.0 cm³/mol. The van der Waals surface area contributed by atoms with Crippen LogP contribution in [0.4, 0.5) is 0 Å². The Morgan fingerprint density at radius 2 is 2.07 bits per heavy atom. The highest BCUT2D eigenvalue weighted by molar-refractivity contribution is 5.17. The number of fused-ring (bicyclic) bond motifs is 3. The van der Waals surface area contributed by atoms with Gasteiger partial charge in [-0.1, -0.05) is 30.7 Å². The fraction of sp³-hybridized carbons (Fsp3) is 0.714. The van der Waals surface area contributed by atoms with Crippen molar-refractivity contribution in [3.8, 4) is 0 Å². The van der Waals surface area contributed by atoms with Crippen LogP contribution in [0.2, 0.25) is 0 Å². The molecule has 76 valence electrons. The first-order valence-electron chi connectivity index (χ1n) is 6.22. The average molecular weight is 188 g/mol. The summed E-state index contributed by atoms with van der Waals surface area (Å²) in [6.07, 6.45) is 19.9. The Kier molecular flexibility index (Phi) is 2.04. The lowest BCUT2D eigenvalue weighted by Gasteiger charge is -2.36. The summed E-state index contributed by atoms with van der Waals surface area (Å²) in [7, 11) is 0. The quantitative estimate of drug-likeness (QED) is 0.502. The summed E-state index contributed by atoms with van der Waals surface area (Å²) in [6, 6.07) is 0. The Morgan fingerprint density at radius 1 is 1.07 bits per heavy atom. The molecule has 0 aromatic rings. The first-order valence-corrected chi connectivity index (χ1v) is 6.22. The van der Waals surface area contributed by atoms with Crippen molar-refractivity contribution in [1.29, 1.82) is 0 Å². The van der Waals surface area contributed by atoms with E-state index in [0.717, 1.165) is 11.8 Å². The van der Waals surface area contributed by atoms with Gasteiger partial charge in [0.2, 0.25) is 0 Å². The third-order valence-corrected chi connectivity index (χ3v) is 4.61. The molecule has 0 radical (unpaired) electrons. The van der Waals surface area contributed by atoms with Crippen molar-refractivity contribution in [3.63, 3.8) is 0 Å². The molecule has 2 bridgehead atoms. The van der Waals surface area contributed by atoms with Gasteiger partial charge in [-0.3, -0.25) is 0 Å². The Bertz CT molecular complexity index is 274. The van der Waals surface area contributed by atoms with Crippen LogP contribution in [0.25, 0.3) is 0 Å². The van der Waals surface area contributed by atoms with Gasteiger partial charge in [0.25, 0.3) is 0 Å². The maximum atomic E-state index is 2.52. The second kappa shape index (κ2) is 3.25. The first kappa shape index (κ1) is 8.76. The van der Waals surface area contributed by atoms with E-state index in [0.29, 0.717) is 5.41 Å². The first-order chi connectivity index (χ1) is 6.89. The standard InChI is InChI=1S/C14H20/c1-2-4-8-14(9-5-3-1)11-12-6-7-13(14)10-12/h2,4,6-7,12-13H,1,3,5,8-11H2/b4-2-. The van der Waals surface area contributed by atoms with Crippen LogP contribution in [0, 0.1) is 17.3 Å². The van der Waals surface area contributed by atoms with Gasteiger partial charge in [-0.05, 0) is 55.8 Å². The lowest BCUT2D eigenvalue weighted by molar-refractivity contribution is 0.201. The SMILES string of the molecule is C1=CC2CC1CC21C/C=C\CCCC1. The van der Waals surface area contributed by atoms with Crippen LogP contribution >= 0.6 is 0 Å². The van der Waals surface area contributed by atoms with Gasteiger partial charge in [-0.15, -0.1) is 0 Å². The Morgan fingerprint density at radius 3 is 2.86 bits per heavy atom. The summed E-state index contributed by atoms with van der Waals surface area (Å²) in [5.41, 5.74) is 0.691. The number of hydrogen-bond acceptors (Lipinski definition) is 0. The van der Waals surface area contributed by atoms with Crippen molar-refractivity contribution >= 4 is 0 Å². The monoisotopic (exact) mass is 188 g/mol. The third kappa shape index (κ3) is 1.27. The average Bonchev–Trinajstić information content (AvgIpc) is 2.71. The van der Waals surface area contributed by atoms with E-state index in [-0.39, 0.29) is 0 Å². The molecule has 3 unspecified atom stereocenters. The van der Waals surface area contributed by atoms with Gasteiger partial charge in [-0.25, -0.2) is 0 Å².